The van der Waals surface area contributed by atoms with Crippen molar-refractivity contribution in [1.82, 2.24) is 10.3 Å². The van der Waals surface area contributed by atoms with E-state index in [-0.39, 0.29) is 0 Å². The first-order valence-electron chi connectivity index (χ1n) is 6.67. The minimum absolute atomic E-state index is 0.360. The normalized spacial score (nSPS) is 12.5. The summed E-state index contributed by atoms with van der Waals surface area (Å²) < 4.78 is 0. The van der Waals surface area contributed by atoms with Crippen LogP contribution in [0.15, 0.2) is 18.3 Å². The monoisotopic (exact) mass is 235 g/mol. The molecule has 96 valence electrons. The molecule has 0 fully saturated rings. The summed E-state index contributed by atoms with van der Waals surface area (Å²) >= 11 is 0. The lowest BCUT2D eigenvalue weighted by atomic mass is 10.1. The maximum atomic E-state index is 4.54. The fraction of sp³-hybridized carbons (Fsp3) is 0.643. The fourth-order valence-electron chi connectivity index (χ4n) is 2.01. The third-order valence-electron chi connectivity index (χ3n) is 3.05. The van der Waals surface area contributed by atoms with Crippen LogP contribution in [0.3, 0.4) is 0 Å². The van der Waals surface area contributed by atoms with Gasteiger partial charge in [-0.2, -0.15) is 0 Å². The maximum absolute atomic E-state index is 4.54. The molecule has 1 heterocycles. The zero-order chi connectivity index (χ0) is 12.7. The lowest BCUT2D eigenvalue weighted by molar-refractivity contribution is 0.567. The number of aromatic nitrogens is 1. The first-order chi connectivity index (χ1) is 8.24. The van der Waals surface area contributed by atoms with Crippen molar-refractivity contribution < 1.29 is 0 Å². The van der Waals surface area contributed by atoms with E-state index in [0.29, 0.717) is 6.04 Å². The average Bonchev–Trinajstić information content (AvgIpc) is 2.38. The van der Waals surface area contributed by atoms with Gasteiger partial charge in [-0.3, -0.25) is 0 Å². The highest BCUT2D eigenvalue weighted by Gasteiger charge is 2.14. The summed E-state index contributed by atoms with van der Waals surface area (Å²) in [5.74, 6) is 1.12. The van der Waals surface area contributed by atoms with Gasteiger partial charge in [-0.15, -0.1) is 0 Å². The molecule has 0 amide bonds. The summed E-state index contributed by atoms with van der Waals surface area (Å²) in [5.41, 5.74) is 1.30. The van der Waals surface area contributed by atoms with Crippen LogP contribution in [0.4, 0.5) is 5.82 Å². The molecule has 17 heavy (non-hydrogen) atoms. The largest absolute Gasteiger partial charge is 0.357 e. The predicted molar refractivity (Wildman–Crippen MR) is 74.5 cm³/mol. The molecular formula is C14H25N3. The van der Waals surface area contributed by atoms with E-state index in [4.69, 9.17) is 0 Å². The van der Waals surface area contributed by atoms with Gasteiger partial charge in [-0.1, -0.05) is 13.0 Å². The summed E-state index contributed by atoms with van der Waals surface area (Å²) in [6.07, 6.45) is 3.04. The van der Waals surface area contributed by atoms with E-state index in [2.05, 4.69) is 49.0 Å². The van der Waals surface area contributed by atoms with E-state index in [0.717, 1.165) is 31.9 Å². The van der Waals surface area contributed by atoms with Crippen molar-refractivity contribution in [3.8, 4) is 0 Å². The number of nitrogens with one attached hydrogen (secondary N) is 1. The third kappa shape index (κ3) is 3.70. The van der Waals surface area contributed by atoms with Gasteiger partial charge < -0.3 is 10.2 Å². The molecule has 1 atom stereocenters. The molecule has 0 aliphatic heterocycles. The highest BCUT2D eigenvalue weighted by atomic mass is 15.2. The highest BCUT2D eigenvalue weighted by Crippen LogP contribution is 2.23. The van der Waals surface area contributed by atoms with Crippen molar-refractivity contribution in [3.05, 3.63) is 23.9 Å². The standard InChI is InChI=1S/C14H25N3/c1-5-10-15-12(4)13-9-8-11-16-14(13)17(6-2)7-3/h8-9,11-12,15H,5-7,10H2,1-4H3. The summed E-state index contributed by atoms with van der Waals surface area (Å²) in [5, 5.41) is 3.53. The Bertz CT molecular complexity index is 321. The molecule has 3 nitrogen and oxygen atoms in total. The molecule has 0 saturated heterocycles. The highest BCUT2D eigenvalue weighted by molar-refractivity contribution is 5.48. The molecule has 3 heteroatoms. The molecule has 1 rings (SSSR count). The Morgan fingerprint density at radius 2 is 2.00 bits per heavy atom. The molecule has 1 N–H and O–H groups in total. The Morgan fingerprint density at radius 3 is 2.59 bits per heavy atom. The minimum Gasteiger partial charge on any atom is -0.357 e. The Labute approximate surface area is 105 Å². The lowest BCUT2D eigenvalue weighted by Crippen LogP contribution is -2.27. The van der Waals surface area contributed by atoms with Crippen LogP contribution in [0, 0.1) is 0 Å². The second-order valence-corrected chi connectivity index (χ2v) is 4.26. The van der Waals surface area contributed by atoms with E-state index in [1.54, 1.807) is 0 Å². The van der Waals surface area contributed by atoms with Crippen molar-refractivity contribution in [1.29, 1.82) is 0 Å². The SMILES string of the molecule is CCCNC(C)c1cccnc1N(CC)CC. The number of rotatable bonds is 7. The van der Waals surface area contributed by atoms with Gasteiger partial charge >= 0.3 is 0 Å². The van der Waals surface area contributed by atoms with Crippen LogP contribution in [-0.2, 0) is 0 Å². The van der Waals surface area contributed by atoms with Crippen LogP contribution >= 0.6 is 0 Å². The molecule has 0 bridgehead atoms. The number of pyridine rings is 1. The van der Waals surface area contributed by atoms with Gasteiger partial charge in [0.05, 0.1) is 0 Å². The zero-order valence-corrected chi connectivity index (χ0v) is 11.5. The molecule has 0 spiro atoms. The van der Waals surface area contributed by atoms with Crippen molar-refractivity contribution in [2.75, 3.05) is 24.5 Å². The molecule has 0 aromatic carbocycles. The molecule has 0 aliphatic rings. The molecule has 1 aromatic rings. The lowest BCUT2D eigenvalue weighted by Gasteiger charge is -2.25. The fourth-order valence-corrected chi connectivity index (χ4v) is 2.01. The van der Waals surface area contributed by atoms with E-state index in [1.165, 1.54) is 5.56 Å². The second-order valence-electron chi connectivity index (χ2n) is 4.26. The van der Waals surface area contributed by atoms with Crippen LogP contribution in [0.1, 0.15) is 45.7 Å². The predicted octanol–water partition coefficient (Wildman–Crippen LogP) is 2.99. The van der Waals surface area contributed by atoms with Gasteiger partial charge in [0.1, 0.15) is 5.82 Å². The molecule has 0 saturated carbocycles. The number of nitrogens with zero attached hydrogens (tertiary/aromatic N) is 2. The molecule has 1 unspecified atom stereocenters. The van der Waals surface area contributed by atoms with E-state index in [9.17, 15) is 0 Å². The number of hydrogen-bond donors (Lipinski definition) is 1. The zero-order valence-electron chi connectivity index (χ0n) is 11.5. The first kappa shape index (κ1) is 14.0. The Hall–Kier alpha value is -1.09. The van der Waals surface area contributed by atoms with Crippen LogP contribution in [0.2, 0.25) is 0 Å². The van der Waals surface area contributed by atoms with Gasteiger partial charge in [0.15, 0.2) is 0 Å². The van der Waals surface area contributed by atoms with E-state index >= 15 is 0 Å². The van der Waals surface area contributed by atoms with Crippen molar-refractivity contribution >= 4 is 5.82 Å². The average molecular weight is 235 g/mol. The summed E-state index contributed by atoms with van der Waals surface area (Å²) in [7, 11) is 0. The topological polar surface area (TPSA) is 28.2 Å². The minimum atomic E-state index is 0.360. The van der Waals surface area contributed by atoms with Gasteiger partial charge in [-0.05, 0) is 39.8 Å². The number of hydrogen-bond acceptors (Lipinski definition) is 3. The van der Waals surface area contributed by atoms with Gasteiger partial charge in [0.25, 0.3) is 0 Å². The van der Waals surface area contributed by atoms with Crippen LogP contribution < -0.4 is 10.2 Å². The van der Waals surface area contributed by atoms with Gasteiger partial charge in [0.2, 0.25) is 0 Å². The Kier molecular flexibility index (Phi) is 5.98. The van der Waals surface area contributed by atoms with Crippen molar-refractivity contribution in [2.45, 2.75) is 40.2 Å². The molecular weight excluding hydrogens is 210 g/mol. The van der Waals surface area contributed by atoms with Crippen molar-refractivity contribution in [2.24, 2.45) is 0 Å². The molecule has 0 radical (unpaired) electrons. The summed E-state index contributed by atoms with van der Waals surface area (Å²) in [6.45, 7) is 11.8. The Morgan fingerprint density at radius 1 is 1.29 bits per heavy atom. The van der Waals surface area contributed by atoms with Gasteiger partial charge in [0, 0.05) is 30.9 Å². The van der Waals surface area contributed by atoms with Crippen molar-refractivity contribution in [3.63, 3.8) is 0 Å². The van der Waals surface area contributed by atoms with Crippen LogP contribution in [0.5, 0.6) is 0 Å². The third-order valence-corrected chi connectivity index (χ3v) is 3.05. The van der Waals surface area contributed by atoms with Crippen LogP contribution in [0.25, 0.3) is 0 Å². The van der Waals surface area contributed by atoms with Gasteiger partial charge in [-0.25, -0.2) is 4.98 Å². The van der Waals surface area contributed by atoms with Crippen LogP contribution in [-0.4, -0.2) is 24.6 Å². The molecule has 1 aromatic heterocycles. The maximum Gasteiger partial charge on any atom is 0.133 e. The number of anilines is 1. The first-order valence-corrected chi connectivity index (χ1v) is 6.67. The second kappa shape index (κ2) is 7.28. The van der Waals surface area contributed by atoms with E-state index in [1.807, 2.05) is 12.3 Å². The molecule has 0 aliphatic carbocycles. The van der Waals surface area contributed by atoms with E-state index < -0.39 is 0 Å². The summed E-state index contributed by atoms with van der Waals surface area (Å²) in [4.78, 5) is 6.84. The summed E-state index contributed by atoms with van der Waals surface area (Å²) in [6, 6.07) is 4.56. The Balaban J connectivity index is 2.90. The quantitative estimate of drug-likeness (QED) is 0.787. The smallest absolute Gasteiger partial charge is 0.133 e.